The molecule has 8 nitrogen and oxygen atoms in total. The minimum Gasteiger partial charge on any atom is -0.384 e. The van der Waals surface area contributed by atoms with Crippen LogP contribution >= 0.6 is 0 Å². The molecule has 3 rings (SSSR count). The fourth-order valence-electron chi connectivity index (χ4n) is 2.99. The van der Waals surface area contributed by atoms with Crippen LogP contribution < -0.4 is 5.32 Å². The molecular formula is C16H20N4O4S. The second-order valence-corrected chi connectivity index (χ2v) is 8.39. The van der Waals surface area contributed by atoms with Crippen LogP contribution in [0, 0.1) is 10.1 Å². The summed E-state index contributed by atoms with van der Waals surface area (Å²) in [5.41, 5.74) is 0.882. The zero-order chi connectivity index (χ0) is 17.9. The molecule has 0 amide bonds. The molecule has 0 radical (unpaired) electrons. The van der Waals surface area contributed by atoms with E-state index >= 15 is 0 Å². The lowest BCUT2D eigenvalue weighted by Gasteiger charge is -2.26. The predicted molar refractivity (Wildman–Crippen MR) is 96.6 cm³/mol. The van der Waals surface area contributed by atoms with E-state index in [1.165, 1.54) is 12.3 Å². The number of pyridine rings is 1. The molecule has 1 aromatic carbocycles. The molecule has 9 heteroatoms. The molecule has 0 saturated carbocycles. The largest absolute Gasteiger partial charge is 0.384 e. The monoisotopic (exact) mass is 364 g/mol. The Morgan fingerprint density at radius 1 is 1.20 bits per heavy atom. The van der Waals surface area contributed by atoms with Crippen LogP contribution in [0.25, 0.3) is 10.8 Å². The maximum absolute atomic E-state index is 11.4. The zero-order valence-corrected chi connectivity index (χ0v) is 14.5. The topological polar surface area (TPSA) is 105 Å². The van der Waals surface area contributed by atoms with Crippen LogP contribution in [-0.2, 0) is 9.84 Å². The number of rotatable bonds is 6. The van der Waals surface area contributed by atoms with E-state index in [2.05, 4.69) is 15.2 Å². The van der Waals surface area contributed by atoms with Crippen molar-refractivity contribution in [3.8, 4) is 0 Å². The molecule has 134 valence electrons. The average molecular weight is 364 g/mol. The Morgan fingerprint density at radius 3 is 2.68 bits per heavy atom. The summed E-state index contributed by atoms with van der Waals surface area (Å²) in [6.07, 6.45) is 3.99. The summed E-state index contributed by atoms with van der Waals surface area (Å²) in [5, 5.41) is 15.7. The molecular weight excluding hydrogens is 344 g/mol. The molecule has 0 bridgehead atoms. The minimum absolute atomic E-state index is 0.0446. The van der Waals surface area contributed by atoms with Gasteiger partial charge in [-0.25, -0.2) is 8.42 Å². The van der Waals surface area contributed by atoms with E-state index in [0.29, 0.717) is 25.0 Å². The van der Waals surface area contributed by atoms with E-state index < -0.39 is 14.8 Å². The first-order valence-corrected chi connectivity index (χ1v) is 9.96. The molecule has 25 heavy (non-hydrogen) atoms. The molecule has 2 heterocycles. The number of fused-ring (bicyclic) bond motifs is 1. The van der Waals surface area contributed by atoms with Crippen molar-refractivity contribution in [3.05, 3.63) is 40.7 Å². The highest BCUT2D eigenvalue weighted by molar-refractivity contribution is 7.91. The molecule has 0 aliphatic carbocycles. The first kappa shape index (κ1) is 17.6. The lowest BCUT2D eigenvalue weighted by molar-refractivity contribution is -0.383. The fraction of sp³-hybridized carbons (Fsp3) is 0.438. The summed E-state index contributed by atoms with van der Waals surface area (Å²) in [6, 6.07) is 4.97. The summed E-state index contributed by atoms with van der Waals surface area (Å²) < 4.78 is 22.8. The Labute approximate surface area is 145 Å². The first-order valence-electron chi connectivity index (χ1n) is 8.14. The third kappa shape index (κ3) is 4.23. The van der Waals surface area contributed by atoms with Crippen molar-refractivity contribution >= 4 is 32.0 Å². The van der Waals surface area contributed by atoms with Crippen molar-refractivity contribution in [1.82, 2.24) is 9.88 Å². The number of nitro benzene ring substituents is 1. The molecule has 2 aromatic rings. The lowest BCUT2D eigenvalue weighted by Crippen LogP contribution is -2.41. The molecule has 0 atom stereocenters. The number of aromatic nitrogens is 1. The van der Waals surface area contributed by atoms with Gasteiger partial charge in [-0.3, -0.25) is 15.1 Å². The Hall–Kier alpha value is -2.26. The van der Waals surface area contributed by atoms with Gasteiger partial charge < -0.3 is 10.2 Å². The van der Waals surface area contributed by atoms with Gasteiger partial charge >= 0.3 is 0 Å². The summed E-state index contributed by atoms with van der Waals surface area (Å²) in [6.45, 7) is 2.72. The Morgan fingerprint density at radius 2 is 1.96 bits per heavy atom. The number of nitrogens with one attached hydrogen (secondary N) is 1. The molecule has 0 unspecified atom stereocenters. The Balaban J connectivity index is 1.59. The quantitative estimate of drug-likeness (QED) is 0.472. The second kappa shape index (κ2) is 7.32. The van der Waals surface area contributed by atoms with E-state index in [9.17, 15) is 18.5 Å². The molecule has 1 N–H and O–H groups in total. The van der Waals surface area contributed by atoms with E-state index in [1.54, 1.807) is 18.3 Å². The first-order chi connectivity index (χ1) is 12.0. The van der Waals surface area contributed by atoms with Crippen molar-refractivity contribution in [2.75, 3.05) is 43.0 Å². The van der Waals surface area contributed by atoms with Gasteiger partial charge in [0.25, 0.3) is 5.69 Å². The SMILES string of the molecule is O=[N+]([O-])c1ccc(NCCCN2CCS(=O)(=O)CC2)c2ccncc12. The van der Waals surface area contributed by atoms with Gasteiger partial charge in [-0.05, 0) is 25.1 Å². The number of nitro groups is 1. The smallest absolute Gasteiger partial charge is 0.278 e. The minimum atomic E-state index is -2.84. The maximum atomic E-state index is 11.4. The number of hydrogen-bond donors (Lipinski definition) is 1. The maximum Gasteiger partial charge on any atom is 0.278 e. The van der Waals surface area contributed by atoms with E-state index in [-0.39, 0.29) is 17.2 Å². The average Bonchev–Trinajstić information content (AvgIpc) is 2.59. The molecule has 1 saturated heterocycles. The third-order valence-corrected chi connectivity index (χ3v) is 6.00. The van der Waals surface area contributed by atoms with Crippen molar-refractivity contribution in [3.63, 3.8) is 0 Å². The third-order valence-electron chi connectivity index (χ3n) is 4.40. The van der Waals surface area contributed by atoms with Gasteiger partial charge in [0.15, 0.2) is 9.84 Å². The van der Waals surface area contributed by atoms with Crippen molar-refractivity contribution in [1.29, 1.82) is 0 Å². The number of nitrogens with zero attached hydrogens (tertiary/aromatic N) is 3. The standard InChI is InChI=1S/C16H20N4O4S/c21-20(22)16-3-2-15(13-4-6-17-12-14(13)16)18-5-1-7-19-8-10-25(23,24)11-9-19/h2-4,6,12,18H,1,5,7-11H2. The number of benzene rings is 1. The van der Waals surface area contributed by atoms with Crippen molar-refractivity contribution in [2.45, 2.75) is 6.42 Å². The van der Waals surface area contributed by atoms with Gasteiger partial charge in [0.2, 0.25) is 0 Å². The van der Waals surface area contributed by atoms with Crippen LogP contribution in [-0.4, -0.2) is 60.9 Å². The highest BCUT2D eigenvalue weighted by Crippen LogP contribution is 2.30. The summed E-state index contributed by atoms with van der Waals surface area (Å²) in [5.74, 6) is 0.473. The number of non-ortho nitro benzene ring substituents is 1. The van der Waals surface area contributed by atoms with E-state index in [1.807, 2.05) is 0 Å². The highest BCUT2D eigenvalue weighted by Gasteiger charge is 2.21. The van der Waals surface area contributed by atoms with Gasteiger partial charge in [-0.1, -0.05) is 0 Å². The van der Waals surface area contributed by atoms with Gasteiger partial charge in [0.1, 0.15) is 0 Å². The normalized spacial score (nSPS) is 17.4. The van der Waals surface area contributed by atoms with Crippen molar-refractivity contribution in [2.24, 2.45) is 0 Å². The van der Waals surface area contributed by atoms with Crippen LogP contribution in [0.4, 0.5) is 11.4 Å². The summed E-state index contributed by atoms with van der Waals surface area (Å²) in [7, 11) is -2.84. The fourth-order valence-corrected chi connectivity index (χ4v) is 4.27. The molecule has 0 spiro atoms. The van der Waals surface area contributed by atoms with Gasteiger partial charge in [-0.2, -0.15) is 0 Å². The Kier molecular flexibility index (Phi) is 5.14. The second-order valence-electron chi connectivity index (χ2n) is 6.08. The Bertz CT molecular complexity index is 871. The summed E-state index contributed by atoms with van der Waals surface area (Å²) in [4.78, 5) is 16.8. The molecule has 1 fully saturated rings. The van der Waals surface area contributed by atoms with Crippen LogP contribution in [0.5, 0.6) is 0 Å². The number of hydrogen-bond acceptors (Lipinski definition) is 7. The zero-order valence-electron chi connectivity index (χ0n) is 13.7. The lowest BCUT2D eigenvalue weighted by atomic mass is 10.1. The van der Waals surface area contributed by atoms with Gasteiger partial charge in [0.05, 0.1) is 21.8 Å². The highest BCUT2D eigenvalue weighted by atomic mass is 32.2. The number of anilines is 1. The van der Waals surface area contributed by atoms with Crippen LogP contribution in [0.1, 0.15) is 6.42 Å². The van der Waals surface area contributed by atoms with Crippen LogP contribution in [0.15, 0.2) is 30.6 Å². The van der Waals surface area contributed by atoms with Crippen LogP contribution in [0.2, 0.25) is 0 Å². The van der Waals surface area contributed by atoms with Gasteiger partial charge in [-0.15, -0.1) is 0 Å². The molecule has 1 aliphatic rings. The summed E-state index contributed by atoms with van der Waals surface area (Å²) >= 11 is 0. The van der Waals surface area contributed by atoms with E-state index in [0.717, 1.165) is 24.0 Å². The predicted octanol–water partition coefficient (Wildman–Crippen LogP) is 1.68. The van der Waals surface area contributed by atoms with Crippen LogP contribution in [0.3, 0.4) is 0 Å². The van der Waals surface area contributed by atoms with E-state index in [4.69, 9.17) is 0 Å². The van der Waals surface area contributed by atoms with Crippen molar-refractivity contribution < 1.29 is 13.3 Å². The molecule has 1 aliphatic heterocycles. The molecule has 1 aromatic heterocycles. The number of sulfone groups is 1. The van der Waals surface area contributed by atoms with Gasteiger partial charge in [0, 0.05) is 49.2 Å².